The lowest BCUT2D eigenvalue weighted by Crippen LogP contribution is -2.30. The molecule has 1 amide bonds. The highest BCUT2D eigenvalue weighted by Crippen LogP contribution is 2.29. The quantitative estimate of drug-likeness (QED) is 0.320. The lowest BCUT2D eigenvalue weighted by atomic mass is 10.2. The first-order chi connectivity index (χ1) is 13.6. The predicted octanol–water partition coefficient (Wildman–Crippen LogP) is 4.17. The standard InChI is InChI=1S/C9H6F4N2O3.C7H7FN2O2/c1-4-2-6(14-8(16)9(11,12)13)7(15(17)18)3-5(4)10;1-4-2-6(9)7(10(11)12)3-5(4)8/h2-3H,1H3,(H,14,16);2-3H,9H2,1H3. The zero-order valence-electron chi connectivity index (χ0n) is 15.2. The Bertz CT molecular complexity index is 1010. The van der Waals surface area contributed by atoms with E-state index in [2.05, 4.69) is 0 Å². The summed E-state index contributed by atoms with van der Waals surface area (Å²) in [4.78, 5) is 29.6. The number of hydrogen-bond donors (Lipinski definition) is 2. The molecule has 162 valence electrons. The predicted molar refractivity (Wildman–Crippen MR) is 94.7 cm³/mol. The number of carbonyl (C=O) groups excluding carboxylic acids is 1. The number of nitro benzene ring substituents is 2. The molecule has 0 bridgehead atoms. The van der Waals surface area contributed by atoms with Gasteiger partial charge in [0.25, 0.3) is 11.4 Å². The number of nitro groups is 2. The fourth-order valence-corrected chi connectivity index (χ4v) is 1.97. The third-order valence-corrected chi connectivity index (χ3v) is 3.48. The van der Waals surface area contributed by atoms with E-state index in [0.29, 0.717) is 11.6 Å². The van der Waals surface area contributed by atoms with Crippen LogP contribution in [-0.4, -0.2) is 21.9 Å². The number of nitrogens with two attached hydrogens (primary N) is 1. The Kier molecular flexibility index (Phi) is 7.34. The number of aryl methyl sites for hydroxylation is 2. The van der Waals surface area contributed by atoms with Crippen LogP contribution in [0.5, 0.6) is 0 Å². The van der Waals surface area contributed by atoms with Crippen molar-refractivity contribution in [3.05, 3.63) is 67.3 Å². The van der Waals surface area contributed by atoms with Gasteiger partial charge < -0.3 is 11.1 Å². The van der Waals surface area contributed by atoms with Gasteiger partial charge in [0.1, 0.15) is 23.0 Å². The maximum absolute atomic E-state index is 13.1. The molecule has 2 aromatic carbocycles. The van der Waals surface area contributed by atoms with Gasteiger partial charge in [0, 0.05) is 0 Å². The van der Waals surface area contributed by atoms with Crippen molar-refractivity contribution in [3.8, 4) is 0 Å². The van der Waals surface area contributed by atoms with Crippen molar-refractivity contribution < 1.29 is 36.6 Å². The van der Waals surface area contributed by atoms with Gasteiger partial charge in [-0.15, -0.1) is 0 Å². The Labute approximate surface area is 164 Å². The van der Waals surface area contributed by atoms with E-state index < -0.39 is 50.6 Å². The van der Waals surface area contributed by atoms with Crippen LogP contribution >= 0.6 is 0 Å². The van der Waals surface area contributed by atoms with E-state index in [1.807, 2.05) is 0 Å². The van der Waals surface area contributed by atoms with Crippen LogP contribution in [0.2, 0.25) is 0 Å². The molecule has 2 rings (SSSR count). The van der Waals surface area contributed by atoms with Crippen molar-refractivity contribution in [1.82, 2.24) is 0 Å². The molecule has 0 aliphatic carbocycles. The van der Waals surface area contributed by atoms with Crippen molar-refractivity contribution >= 4 is 28.7 Å². The van der Waals surface area contributed by atoms with Gasteiger partial charge in [0.15, 0.2) is 0 Å². The maximum atomic E-state index is 13.1. The first-order valence-electron chi connectivity index (χ1n) is 7.67. The number of rotatable bonds is 3. The van der Waals surface area contributed by atoms with Crippen LogP contribution in [0, 0.1) is 45.7 Å². The lowest BCUT2D eigenvalue weighted by molar-refractivity contribution is -0.384. The number of halogens is 5. The number of hydrogen-bond acceptors (Lipinski definition) is 6. The molecule has 9 nitrogen and oxygen atoms in total. The Morgan fingerprint density at radius 1 is 0.933 bits per heavy atom. The Hall–Kier alpha value is -3.84. The summed E-state index contributed by atoms with van der Waals surface area (Å²) in [5.41, 5.74) is 3.40. The number of amides is 1. The molecule has 0 atom stereocenters. The number of alkyl halides is 3. The zero-order valence-corrected chi connectivity index (χ0v) is 15.2. The third-order valence-electron chi connectivity index (χ3n) is 3.48. The number of anilines is 2. The molecule has 0 fully saturated rings. The number of carbonyl (C=O) groups is 1. The second-order valence-electron chi connectivity index (χ2n) is 5.74. The van der Waals surface area contributed by atoms with Gasteiger partial charge in [-0.2, -0.15) is 13.2 Å². The van der Waals surface area contributed by atoms with Gasteiger partial charge in [-0.1, -0.05) is 0 Å². The van der Waals surface area contributed by atoms with Crippen LogP contribution in [0.25, 0.3) is 0 Å². The summed E-state index contributed by atoms with van der Waals surface area (Å²) < 4.78 is 61.8. The van der Waals surface area contributed by atoms with Crippen LogP contribution in [-0.2, 0) is 4.79 Å². The molecule has 0 aliphatic rings. The SMILES string of the molecule is Cc1cc(N)c([N+](=O)[O-])cc1F.Cc1cc(NC(=O)C(F)(F)F)c([N+](=O)[O-])cc1F. The molecular formula is C16H13F5N4O5. The topological polar surface area (TPSA) is 141 Å². The van der Waals surface area contributed by atoms with Crippen molar-refractivity contribution in [2.75, 3.05) is 11.1 Å². The smallest absolute Gasteiger partial charge is 0.393 e. The molecular weight excluding hydrogens is 423 g/mol. The molecule has 0 saturated carbocycles. The molecule has 0 radical (unpaired) electrons. The minimum absolute atomic E-state index is 0.0149. The van der Waals surface area contributed by atoms with E-state index in [1.54, 1.807) is 0 Å². The normalized spacial score (nSPS) is 10.6. The zero-order chi connectivity index (χ0) is 23.4. The largest absolute Gasteiger partial charge is 0.471 e. The number of nitrogens with one attached hydrogen (secondary N) is 1. The fourth-order valence-electron chi connectivity index (χ4n) is 1.97. The molecule has 0 aliphatic heterocycles. The summed E-state index contributed by atoms with van der Waals surface area (Å²) >= 11 is 0. The van der Waals surface area contributed by atoms with Crippen molar-refractivity contribution in [2.45, 2.75) is 20.0 Å². The molecule has 0 unspecified atom stereocenters. The van der Waals surface area contributed by atoms with Gasteiger partial charge in [-0.05, 0) is 37.1 Å². The minimum Gasteiger partial charge on any atom is -0.393 e. The van der Waals surface area contributed by atoms with Gasteiger partial charge in [-0.3, -0.25) is 25.0 Å². The van der Waals surface area contributed by atoms with Crippen molar-refractivity contribution in [1.29, 1.82) is 0 Å². The molecule has 0 aromatic heterocycles. The Morgan fingerprint density at radius 3 is 1.80 bits per heavy atom. The first-order valence-corrected chi connectivity index (χ1v) is 7.67. The monoisotopic (exact) mass is 436 g/mol. The molecule has 30 heavy (non-hydrogen) atoms. The Balaban J connectivity index is 0.000000325. The molecule has 3 N–H and O–H groups in total. The lowest BCUT2D eigenvalue weighted by Gasteiger charge is -2.09. The van der Waals surface area contributed by atoms with E-state index in [1.165, 1.54) is 25.2 Å². The second-order valence-corrected chi connectivity index (χ2v) is 5.74. The highest BCUT2D eigenvalue weighted by molar-refractivity contribution is 5.96. The average molecular weight is 436 g/mol. The van der Waals surface area contributed by atoms with E-state index in [4.69, 9.17) is 5.73 Å². The minimum atomic E-state index is -5.18. The summed E-state index contributed by atoms with van der Waals surface area (Å²) in [6.07, 6.45) is -5.18. The fraction of sp³-hybridized carbons (Fsp3) is 0.188. The number of nitrogen functional groups attached to an aromatic ring is 1. The van der Waals surface area contributed by atoms with Crippen LogP contribution in [0.15, 0.2) is 24.3 Å². The van der Waals surface area contributed by atoms with Gasteiger partial charge in [0.2, 0.25) is 0 Å². The first kappa shape index (κ1) is 24.2. The van der Waals surface area contributed by atoms with Crippen LogP contribution < -0.4 is 11.1 Å². The maximum Gasteiger partial charge on any atom is 0.471 e. The summed E-state index contributed by atoms with van der Waals surface area (Å²) in [6, 6.07) is 3.27. The van der Waals surface area contributed by atoms with Gasteiger partial charge in [-0.25, -0.2) is 8.78 Å². The van der Waals surface area contributed by atoms with Crippen LogP contribution in [0.3, 0.4) is 0 Å². The average Bonchev–Trinajstić information content (AvgIpc) is 2.60. The molecule has 0 spiro atoms. The van der Waals surface area contributed by atoms with E-state index in [0.717, 1.165) is 12.1 Å². The van der Waals surface area contributed by atoms with Gasteiger partial charge in [0.05, 0.1) is 22.0 Å². The summed E-state index contributed by atoms with van der Waals surface area (Å²) in [6.45, 7) is 2.69. The highest BCUT2D eigenvalue weighted by Gasteiger charge is 2.39. The summed E-state index contributed by atoms with van der Waals surface area (Å²) in [5, 5.41) is 22.1. The number of benzene rings is 2. The second kappa shape index (κ2) is 9.11. The highest BCUT2D eigenvalue weighted by atomic mass is 19.4. The molecule has 0 saturated heterocycles. The van der Waals surface area contributed by atoms with Crippen molar-refractivity contribution in [2.24, 2.45) is 0 Å². The van der Waals surface area contributed by atoms with Crippen LogP contribution in [0.4, 0.5) is 44.7 Å². The number of nitrogens with zero attached hydrogens (tertiary/aromatic N) is 2. The Morgan fingerprint density at radius 2 is 1.37 bits per heavy atom. The summed E-state index contributed by atoms with van der Waals surface area (Å²) in [5.74, 6) is -3.93. The van der Waals surface area contributed by atoms with Gasteiger partial charge >= 0.3 is 12.1 Å². The van der Waals surface area contributed by atoms with Crippen LogP contribution in [0.1, 0.15) is 11.1 Å². The van der Waals surface area contributed by atoms with E-state index in [-0.39, 0.29) is 11.3 Å². The third kappa shape index (κ3) is 6.08. The van der Waals surface area contributed by atoms with E-state index >= 15 is 0 Å². The molecule has 2 aromatic rings. The molecule has 0 heterocycles. The van der Waals surface area contributed by atoms with E-state index in [9.17, 15) is 47.0 Å². The van der Waals surface area contributed by atoms with Crippen molar-refractivity contribution in [3.63, 3.8) is 0 Å². The molecule has 14 heteroatoms. The summed E-state index contributed by atoms with van der Waals surface area (Å²) in [7, 11) is 0.